The van der Waals surface area contributed by atoms with Crippen LogP contribution in [-0.4, -0.2) is 13.6 Å². The first-order chi connectivity index (χ1) is 11.0. The Balaban J connectivity index is 1.92. The molecule has 0 unspecified atom stereocenters. The second-order valence-electron chi connectivity index (χ2n) is 4.70. The molecule has 0 aliphatic heterocycles. The van der Waals surface area contributed by atoms with Crippen LogP contribution in [0.5, 0.6) is 0 Å². The first-order valence-electron chi connectivity index (χ1n) is 6.54. The first kappa shape index (κ1) is 14.9. The Kier molecular flexibility index (Phi) is 3.64. The second kappa shape index (κ2) is 5.62. The SMILES string of the molecule is Cc1oc(-c2ccno2)cc1S(=O)(=O)Nc1ccc(C#N)cc1. The molecule has 1 N–H and O–H groups in total. The topological polar surface area (TPSA) is 109 Å². The summed E-state index contributed by atoms with van der Waals surface area (Å²) in [5.41, 5.74) is 0.797. The van der Waals surface area contributed by atoms with E-state index in [-0.39, 0.29) is 16.4 Å². The molecule has 0 aliphatic carbocycles. The number of sulfonamides is 1. The summed E-state index contributed by atoms with van der Waals surface area (Å²) in [5.74, 6) is 0.852. The molecule has 0 amide bonds. The van der Waals surface area contributed by atoms with Gasteiger partial charge in [0.15, 0.2) is 5.76 Å². The Morgan fingerprint density at radius 2 is 1.91 bits per heavy atom. The van der Waals surface area contributed by atoms with Gasteiger partial charge in [-0.3, -0.25) is 4.72 Å². The number of nitrogens with one attached hydrogen (secondary N) is 1. The largest absolute Gasteiger partial charge is 0.456 e. The molecule has 0 spiro atoms. The monoisotopic (exact) mass is 329 g/mol. The third-order valence-electron chi connectivity index (χ3n) is 3.11. The van der Waals surface area contributed by atoms with Crippen molar-refractivity contribution < 1.29 is 17.4 Å². The molecule has 0 radical (unpaired) electrons. The summed E-state index contributed by atoms with van der Waals surface area (Å²) < 4.78 is 37.8. The van der Waals surface area contributed by atoms with Crippen molar-refractivity contribution in [2.45, 2.75) is 11.8 Å². The third-order valence-corrected chi connectivity index (χ3v) is 4.60. The predicted molar refractivity (Wildman–Crippen MR) is 80.9 cm³/mol. The minimum absolute atomic E-state index is 0.00765. The van der Waals surface area contributed by atoms with Crippen molar-refractivity contribution in [2.24, 2.45) is 0 Å². The molecule has 0 saturated carbocycles. The Labute approximate surface area is 132 Å². The van der Waals surface area contributed by atoms with Crippen LogP contribution in [-0.2, 0) is 10.0 Å². The summed E-state index contributed by atoms with van der Waals surface area (Å²) in [6.45, 7) is 1.55. The van der Waals surface area contributed by atoms with Gasteiger partial charge in [0, 0.05) is 17.8 Å². The lowest BCUT2D eigenvalue weighted by atomic mass is 10.2. The molecule has 0 aliphatic rings. The summed E-state index contributed by atoms with van der Waals surface area (Å²) in [6.07, 6.45) is 1.44. The average Bonchev–Trinajstić information content (AvgIpc) is 3.17. The van der Waals surface area contributed by atoms with Crippen molar-refractivity contribution in [2.75, 3.05) is 4.72 Å². The molecule has 8 heteroatoms. The minimum atomic E-state index is -3.82. The summed E-state index contributed by atoms with van der Waals surface area (Å²) >= 11 is 0. The van der Waals surface area contributed by atoms with Crippen LogP contribution in [0, 0.1) is 18.3 Å². The van der Waals surface area contributed by atoms with E-state index in [4.69, 9.17) is 14.2 Å². The zero-order valence-corrected chi connectivity index (χ0v) is 12.8. The quantitative estimate of drug-likeness (QED) is 0.788. The Hall–Kier alpha value is -3.05. The molecule has 2 heterocycles. The molecule has 23 heavy (non-hydrogen) atoms. The maximum absolute atomic E-state index is 12.5. The van der Waals surface area contributed by atoms with Gasteiger partial charge in [0.25, 0.3) is 10.0 Å². The highest BCUT2D eigenvalue weighted by molar-refractivity contribution is 7.92. The lowest BCUT2D eigenvalue weighted by Crippen LogP contribution is -2.13. The molecule has 1 aromatic carbocycles. The van der Waals surface area contributed by atoms with Gasteiger partial charge in [-0.05, 0) is 31.2 Å². The summed E-state index contributed by atoms with van der Waals surface area (Å²) in [5, 5.41) is 12.3. The molecule has 0 saturated heterocycles. The van der Waals surface area contributed by atoms with Crippen molar-refractivity contribution in [3.63, 3.8) is 0 Å². The Morgan fingerprint density at radius 3 is 2.52 bits per heavy atom. The van der Waals surface area contributed by atoms with Gasteiger partial charge in [-0.2, -0.15) is 5.26 Å². The molecule has 116 valence electrons. The number of benzene rings is 1. The molecular formula is C15H11N3O4S. The standard InChI is InChI=1S/C15H11N3O4S/c1-10-15(8-14(21-10)13-6-7-17-22-13)23(19,20)18-12-4-2-11(9-16)3-5-12/h2-8,18H,1H3. The van der Waals surface area contributed by atoms with Crippen LogP contribution >= 0.6 is 0 Å². The van der Waals surface area contributed by atoms with Gasteiger partial charge in [0.2, 0.25) is 5.76 Å². The number of anilines is 1. The van der Waals surface area contributed by atoms with Crippen LogP contribution in [0.4, 0.5) is 5.69 Å². The van der Waals surface area contributed by atoms with Crippen LogP contribution in [0.3, 0.4) is 0 Å². The number of furan rings is 1. The lowest BCUT2D eigenvalue weighted by molar-refractivity contribution is 0.414. The average molecular weight is 329 g/mol. The summed E-state index contributed by atoms with van der Waals surface area (Å²) in [4.78, 5) is 0.00765. The fraction of sp³-hybridized carbons (Fsp3) is 0.0667. The van der Waals surface area contributed by atoms with Gasteiger partial charge in [0.05, 0.1) is 17.8 Å². The third kappa shape index (κ3) is 2.95. The van der Waals surface area contributed by atoms with Crippen LogP contribution in [0.1, 0.15) is 11.3 Å². The fourth-order valence-corrected chi connectivity index (χ4v) is 3.26. The molecule has 0 atom stereocenters. The van der Waals surface area contributed by atoms with Crippen LogP contribution in [0.2, 0.25) is 0 Å². The number of nitrogens with zero attached hydrogens (tertiary/aromatic N) is 2. The molecule has 0 fully saturated rings. The number of aromatic nitrogens is 1. The van der Waals surface area contributed by atoms with E-state index in [9.17, 15) is 8.42 Å². The summed E-state index contributed by atoms with van der Waals surface area (Å²) in [6, 6.07) is 11.0. The van der Waals surface area contributed by atoms with E-state index in [2.05, 4.69) is 9.88 Å². The lowest BCUT2D eigenvalue weighted by Gasteiger charge is -2.06. The van der Waals surface area contributed by atoms with Crippen molar-refractivity contribution in [3.05, 3.63) is 53.9 Å². The smallest absolute Gasteiger partial charge is 0.265 e. The number of rotatable bonds is 4. The van der Waals surface area contributed by atoms with E-state index in [0.29, 0.717) is 17.0 Å². The molecular weight excluding hydrogens is 318 g/mol. The highest BCUT2D eigenvalue weighted by atomic mass is 32.2. The van der Waals surface area contributed by atoms with Crippen LogP contribution < -0.4 is 4.72 Å². The van der Waals surface area contributed by atoms with E-state index in [1.165, 1.54) is 36.5 Å². The van der Waals surface area contributed by atoms with Crippen molar-refractivity contribution >= 4 is 15.7 Å². The molecule has 2 aromatic heterocycles. The van der Waals surface area contributed by atoms with Gasteiger partial charge in [-0.1, -0.05) is 5.16 Å². The van der Waals surface area contributed by atoms with E-state index < -0.39 is 10.0 Å². The molecule has 3 aromatic rings. The highest BCUT2D eigenvalue weighted by Crippen LogP contribution is 2.29. The second-order valence-corrected chi connectivity index (χ2v) is 6.35. The van der Waals surface area contributed by atoms with Gasteiger partial charge in [0.1, 0.15) is 10.7 Å². The van der Waals surface area contributed by atoms with Crippen molar-refractivity contribution in [1.29, 1.82) is 5.26 Å². The van der Waals surface area contributed by atoms with E-state index in [0.717, 1.165) is 0 Å². The van der Waals surface area contributed by atoms with Crippen LogP contribution in [0.15, 0.2) is 56.4 Å². The number of hydrogen-bond donors (Lipinski definition) is 1. The number of hydrogen-bond acceptors (Lipinski definition) is 6. The number of aryl methyl sites for hydroxylation is 1. The molecule has 7 nitrogen and oxygen atoms in total. The van der Waals surface area contributed by atoms with Crippen molar-refractivity contribution in [3.8, 4) is 17.6 Å². The highest BCUT2D eigenvalue weighted by Gasteiger charge is 2.23. The fourth-order valence-electron chi connectivity index (χ4n) is 2.02. The molecule has 0 bridgehead atoms. The maximum Gasteiger partial charge on any atom is 0.265 e. The van der Waals surface area contributed by atoms with Gasteiger partial charge in [-0.25, -0.2) is 8.42 Å². The number of nitriles is 1. The zero-order valence-electron chi connectivity index (χ0n) is 12.0. The molecule has 3 rings (SSSR count). The maximum atomic E-state index is 12.5. The first-order valence-corrected chi connectivity index (χ1v) is 8.02. The van der Waals surface area contributed by atoms with Gasteiger partial charge >= 0.3 is 0 Å². The van der Waals surface area contributed by atoms with Crippen molar-refractivity contribution in [1.82, 2.24) is 5.16 Å². The van der Waals surface area contributed by atoms with Gasteiger partial charge < -0.3 is 8.94 Å². The van der Waals surface area contributed by atoms with E-state index >= 15 is 0 Å². The Bertz CT molecular complexity index is 965. The Morgan fingerprint density at radius 1 is 1.17 bits per heavy atom. The van der Waals surface area contributed by atoms with E-state index in [1.807, 2.05) is 6.07 Å². The normalized spacial score (nSPS) is 11.1. The minimum Gasteiger partial charge on any atom is -0.456 e. The van der Waals surface area contributed by atoms with E-state index in [1.54, 1.807) is 13.0 Å². The predicted octanol–water partition coefficient (Wildman–Crippen LogP) is 2.92. The zero-order chi connectivity index (χ0) is 16.4. The van der Waals surface area contributed by atoms with Gasteiger partial charge in [-0.15, -0.1) is 0 Å². The van der Waals surface area contributed by atoms with Crippen LogP contribution in [0.25, 0.3) is 11.5 Å². The summed E-state index contributed by atoms with van der Waals surface area (Å²) in [7, 11) is -3.82.